The standard InChI is InChI=1S/C20H16F3N3O/c1-25-15-7-6-12(9-13(15)10-16(25)27)17-18(11-4-5-11)24-26-8-2-3-14(19(17)26)20(21,22)23/h2-3,6-9,11H,4-5,10H2,1H3. The maximum atomic E-state index is 13.7. The number of amides is 1. The highest BCUT2D eigenvalue weighted by molar-refractivity contribution is 6.02. The van der Waals surface area contributed by atoms with Crippen LogP contribution in [-0.2, 0) is 17.4 Å². The van der Waals surface area contributed by atoms with Crippen molar-refractivity contribution < 1.29 is 18.0 Å². The molecule has 3 aromatic rings. The number of alkyl halides is 3. The summed E-state index contributed by atoms with van der Waals surface area (Å²) in [6, 6.07) is 7.92. The highest BCUT2D eigenvalue weighted by Crippen LogP contribution is 2.48. The van der Waals surface area contributed by atoms with Gasteiger partial charge in [0.15, 0.2) is 0 Å². The molecule has 0 spiro atoms. The van der Waals surface area contributed by atoms with Gasteiger partial charge in [0.05, 0.1) is 23.2 Å². The van der Waals surface area contributed by atoms with E-state index in [2.05, 4.69) is 5.10 Å². The Morgan fingerprint density at radius 1 is 1.19 bits per heavy atom. The number of aromatic nitrogens is 2. The van der Waals surface area contributed by atoms with Crippen LogP contribution in [0.3, 0.4) is 0 Å². The first kappa shape index (κ1) is 16.4. The lowest BCUT2D eigenvalue weighted by Crippen LogP contribution is -2.20. The van der Waals surface area contributed by atoms with Crippen LogP contribution in [0, 0.1) is 0 Å². The average molecular weight is 371 g/mol. The Kier molecular flexibility index (Phi) is 3.24. The number of hydrogen-bond donors (Lipinski definition) is 0. The van der Waals surface area contributed by atoms with Gasteiger partial charge >= 0.3 is 6.18 Å². The molecule has 0 N–H and O–H groups in total. The van der Waals surface area contributed by atoms with Gasteiger partial charge in [0, 0.05) is 30.4 Å². The topological polar surface area (TPSA) is 37.6 Å². The minimum Gasteiger partial charge on any atom is -0.315 e. The molecule has 2 aromatic heterocycles. The van der Waals surface area contributed by atoms with Crippen LogP contribution >= 0.6 is 0 Å². The number of hydrogen-bond acceptors (Lipinski definition) is 2. The summed E-state index contributed by atoms with van der Waals surface area (Å²) in [4.78, 5) is 13.6. The van der Waals surface area contributed by atoms with Crippen molar-refractivity contribution in [3.8, 4) is 11.1 Å². The average Bonchev–Trinajstić information content (AvgIpc) is 3.33. The number of anilines is 1. The molecule has 1 saturated carbocycles. The number of pyridine rings is 1. The summed E-state index contributed by atoms with van der Waals surface area (Å²) >= 11 is 0. The van der Waals surface area contributed by atoms with Gasteiger partial charge in [0.2, 0.25) is 5.91 Å². The lowest BCUT2D eigenvalue weighted by atomic mass is 9.97. The van der Waals surface area contributed by atoms with Crippen molar-refractivity contribution in [1.29, 1.82) is 0 Å². The predicted molar refractivity (Wildman–Crippen MR) is 94.7 cm³/mol. The summed E-state index contributed by atoms with van der Waals surface area (Å²) in [7, 11) is 1.71. The number of fused-ring (bicyclic) bond motifs is 2. The summed E-state index contributed by atoms with van der Waals surface area (Å²) in [6.45, 7) is 0. The van der Waals surface area contributed by atoms with Crippen LogP contribution in [0.2, 0.25) is 0 Å². The highest BCUT2D eigenvalue weighted by Gasteiger charge is 2.38. The Hall–Kier alpha value is -2.83. The summed E-state index contributed by atoms with van der Waals surface area (Å²) in [5.41, 5.74) is 2.98. The molecule has 1 amide bonds. The van der Waals surface area contributed by atoms with Crippen molar-refractivity contribution in [2.24, 2.45) is 0 Å². The molecule has 7 heteroatoms. The van der Waals surface area contributed by atoms with Crippen molar-refractivity contribution in [2.45, 2.75) is 31.4 Å². The number of likely N-dealkylation sites (N-methyl/N-ethyl adjacent to an activating group) is 1. The summed E-state index contributed by atoms with van der Waals surface area (Å²) in [5, 5.41) is 4.49. The Bertz CT molecular complexity index is 1100. The molecule has 1 fully saturated rings. The van der Waals surface area contributed by atoms with Crippen LogP contribution in [0.4, 0.5) is 18.9 Å². The van der Waals surface area contributed by atoms with Crippen molar-refractivity contribution >= 4 is 17.1 Å². The molecule has 4 nitrogen and oxygen atoms in total. The molecule has 1 aliphatic carbocycles. The van der Waals surface area contributed by atoms with E-state index in [1.807, 2.05) is 12.1 Å². The van der Waals surface area contributed by atoms with Crippen LogP contribution in [0.25, 0.3) is 16.6 Å². The third-order valence-corrected chi connectivity index (χ3v) is 5.40. The fraction of sp³-hybridized carbons (Fsp3) is 0.300. The molecule has 0 unspecified atom stereocenters. The Morgan fingerprint density at radius 3 is 2.67 bits per heavy atom. The largest absolute Gasteiger partial charge is 0.418 e. The fourth-order valence-electron chi connectivity index (χ4n) is 3.90. The quantitative estimate of drug-likeness (QED) is 0.669. The van der Waals surface area contributed by atoms with Gasteiger partial charge in [-0.25, -0.2) is 4.52 Å². The lowest BCUT2D eigenvalue weighted by Gasteiger charge is -2.13. The van der Waals surface area contributed by atoms with Gasteiger partial charge in [0.1, 0.15) is 0 Å². The normalized spacial score (nSPS) is 17.0. The number of carbonyl (C=O) groups excluding carboxylic acids is 1. The fourth-order valence-corrected chi connectivity index (χ4v) is 3.90. The third kappa shape index (κ3) is 2.44. The van der Waals surface area contributed by atoms with Gasteiger partial charge in [-0.2, -0.15) is 18.3 Å². The molecular weight excluding hydrogens is 355 g/mol. The molecule has 0 bridgehead atoms. The maximum absolute atomic E-state index is 13.7. The van der Waals surface area contributed by atoms with Crippen molar-refractivity contribution in [3.05, 3.63) is 53.3 Å². The van der Waals surface area contributed by atoms with Gasteiger partial charge in [-0.3, -0.25) is 4.79 Å². The van der Waals surface area contributed by atoms with E-state index in [1.165, 1.54) is 10.6 Å². The SMILES string of the molecule is CN1C(=O)Cc2cc(-c3c(C4CC4)nn4cccc(C(F)(F)F)c34)ccc21. The monoisotopic (exact) mass is 371 g/mol. The summed E-state index contributed by atoms with van der Waals surface area (Å²) in [6.07, 6.45) is -0.770. The summed E-state index contributed by atoms with van der Waals surface area (Å²) < 4.78 is 42.4. The number of carbonyl (C=O) groups is 1. The van der Waals surface area contributed by atoms with E-state index in [0.29, 0.717) is 16.8 Å². The highest BCUT2D eigenvalue weighted by atomic mass is 19.4. The molecule has 0 atom stereocenters. The van der Waals surface area contributed by atoms with Crippen LogP contribution in [0.1, 0.15) is 35.6 Å². The van der Waals surface area contributed by atoms with E-state index in [4.69, 9.17) is 0 Å². The van der Waals surface area contributed by atoms with Crippen molar-refractivity contribution in [1.82, 2.24) is 9.61 Å². The van der Waals surface area contributed by atoms with Gasteiger partial charge in [-0.15, -0.1) is 0 Å². The summed E-state index contributed by atoms with van der Waals surface area (Å²) in [5.74, 6) is 0.180. The zero-order valence-corrected chi connectivity index (χ0v) is 14.5. The van der Waals surface area contributed by atoms with Crippen LogP contribution in [0.15, 0.2) is 36.5 Å². The minimum atomic E-state index is -4.47. The minimum absolute atomic E-state index is 0.0135. The Morgan fingerprint density at radius 2 is 1.96 bits per heavy atom. The van der Waals surface area contributed by atoms with E-state index in [9.17, 15) is 18.0 Å². The lowest BCUT2D eigenvalue weighted by molar-refractivity contribution is -0.136. The predicted octanol–water partition coefficient (Wildman–Crippen LogP) is 4.42. The van der Waals surface area contributed by atoms with Crippen LogP contribution in [0.5, 0.6) is 0 Å². The van der Waals surface area contributed by atoms with Crippen molar-refractivity contribution in [2.75, 3.05) is 11.9 Å². The molecule has 3 heterocycles. The van der Waals surface area contributed by atoms with E-state index < -0.39 is 11.7 Å². The first-order valence-corrected chi connectivity index (χ1v) is 8.83. The molecule has 2 aliphatic rings. The van der Waals surface area contributed by atoms with E-state index in [-0.39, 0.29) is 23.8 Å². The van der Waals surface area contributed by atoms with Crippen LogP contribution in [-0.4, -0.2) is 22.6 Å². The maximum Gasteiger partial charge on any atom is 0.418 e. The molecule has 5 rings (SSSR count). The Labute approximate surface area is 153 Å². The van der Waals surface area contributed by atoms with Gasteiger partial charge in [-0.1, -0.05) is 6.07 Å². The Balaban J connectivity index is 1.79. The molecule has 1 aliphatic heterocycles. The molecule has 1 aromatic carbocycles. The van der Waals surface area contributed by atoms with E-state index in [1.54, 1.807) is 24.2 Å². The van der Waals surface area contributed by atoms with E-state index in [0.717, 1.165) is 30.2 Å². The first-order valence-electron chi connectivity index (χ1n) is 8.83. The van der Waals surface area contributed by atoms with Crippen LogP contribution < -0.4 is 4.90 Å². The zero-order chi connectivity index (χ0) is 18.9. The molecule has 27 heavy (non-hydrogen) atoms. The number of halogens is 3. The van der Waals surface area contributed by atoms with E-state index >= 15 is 0 Å². The van der Waals surface area contributed by atoms with Gasteiger partial charge in [0.25, 0.3) is 0 Å². The zero-order valence-electron chi connectivity index (χ0n) is 14.5. The number of benzene rings is 1. The molecular formula is C20H16F3N3O. The number of rotatable bonds is 2. The smallest absolute Gasteiger partial charge is 0.315 e. The second-order valence-electron chi connectivity index (χ2n) is 7.22. The molecule has 0 radical (unpaired) electrons. The second kappa shape index (κ2) is 5.34. The number of nitrogens with zero attached hydrogens (tertiary/aromatic N) is 3. The second-order valence-corrected chi connectivity index (χ2v) is 7.22. The first-order chi connectivity index (χ1) is 12.8. The van der Waals surface area contributed by atoms with Gasteiger partial charge in [-0.05, 0) is 48.2 Å². The van der Waals surface area contributed by atoms with Crippen molar-refractivity contribution in [3.63, 3.8) is 0 Å². The molecule has 0 saturated heterocycles. The molecule has 138 valence electrons. The third-order valence-electron chi connectivity index (χ3n) is 5.40. The van der Waals surface area contributed by atoms with Gasteiger partial charge < -0.3 is 4.90 Å².